The zero-order valence-corrected chi connectivity index (χ0v) is 11.7. The molecule has 0 saturated carbocycles. The molecule has 1 atom stereocenters. The average Bonchev–Trinajstić information content (AvgIpc) is 2.38. The first-order valence-corrected chi connectivity index (χ1v) is 6.30. The van der Waals surface area contributed by atoms with Crippen LogP contribution in [0.1, 0.15) is 33.1 Å². The van der Waals surface area contributed by atoms with Crippen molar-refractivity contribution in [2.45, 2.75) is 39.2 Å². The lowest BCUT2D eigenvalue weighted by atomic mass is 10.2. The van der Waals surface area contributed by atoms with Gasteiger partial charge in [0.2, 0.25) is 5.91 Å². The summed E-state index contributed by atoms with van der Waals surface area (Å²) in [7, 11) is 0. The maximum Gasteiger partial charge on any atom is 0.325 e. The molecule has 114 valence electrons. The molecule has 0 radical (unpaired) electrons. The summed E-state index contributed by atoms with van der Waals surface area (Å²) >= 11 is 0. The summed E-state index contributed by atoms with van der Waals surface area (Å²) in [6, 6.07) is 0. The smallest absolute Gasteiger partial charge is 0.325 e. The molecule has 0 aromatic heterocycles. The van der Waals surface area contributed by atoms with Crippen molar-refractivity contribution in [3.05, 3.63) is 22.3 Å². The molecule has 0 heterocycles. The molecule has 0 aliphatic carbocycles. The van der Waals surface area contributed by atoms with E-state index in [9.17, 15) is 19.7 Å². The zero-order valence-electron chi connectivity index (χ0n) is 11.7. The van der Waals surface area contributed by atoms with Gasteiger partial charge in [0.25, 0.3) is 5.09 Å². The standard InChI is InChI=1S/C12H20N2O6/c1-3-4-5-6-7-11(15)13-8-12(16)19-9-10(2)20-14(17)18/h3-4,10H,5-9H2,1-2H3,(H,13,15)/b4-3-. The van der Waals surface area contributed by atoms with Gasteiger partial charge in [-0.2, -0.15) is 0 Å². The first kappa shape index (κ1) is 17.9. The van der Waals surface area contributed by atoms with Gasteiger partial charge in [-0.25, -0.2) is 0 Å². The molecule has 1 unspecified atom stereocenters. The van der Waals surface area contributed by atoms with E-state index in [4.69, 9.17) is 4.74 Å². The fourth-order valence-corrected chi connectivity index (χ4v) is 1.24. The van der Waals surface area contributed by atoms with E-state index >= 15 is 0 Å². The highest BCUT2D eigenvalue weighted by Crippen LogP contribution is 1.96. The number of esters is 1. The third-order valence-corrected chi connectivity index (χ3v) is 2.19. The second-order valence-corrected chi connectivity index (χ2v) is 4.06. The summed E-state index contributed by atoms with van der Waals surface area (Å²) in [4.78, 5) is 36.7. The SMILES string of the molecule is C/C=C\CCCC(=O)NCC(=O)OCC(C)O[N+](=O)[O-]. The monoisotopic (exact) mass is 288 g/mol. The molecule has 0 spiro atoms. The van der Waals surface area contributed by atoms with Crippen molar-refractivity contribution in [1.82, 2.24) is 5.32 Å². The van der Waals surface area contributed by atoms with Gasteiger partial charge >= 0.3 is 5.97 Å². The first-order valence-electron chi connectivity index (χ1n) is 6.30. The lowest BCUT2D eigenvalue weighted by Gasteiger charge is -2.10. The number of hydrogen-bond donors (Lipinski definition) is 1. The Balaban J connectivity index is 3.66. The van der Waals surface area contributed by atoms with Crippen LogP contribution < -0.4 is 5.32 Å². The van der Waals surface area contributed by atoms with E-state index < -0.39 is 17.2 Å². The Morgan fingerprint density at radius 1 is 1.45 bits per heavy atom. The summed E-state index contributed by atoms with van der Waals surface area (Å²) in [5.74, 6) is -0.897. The second kappa shape index (κ2) is 10.8. The predicted molar refractivity (Wildman–Crippen MR) is 70.2 cm³/mol. The third kappa shape index (κ3) is 11.0. The largest absolute Gasteiger partial charge is 0.462 e. The van der Waals surface area contributed by atoms with Crippen molar-refractivity contribution in [3.63, 3.8) is 0 Å². The first-order chi connectivity index (χ1) is 9.45. The molecule has 0 aromatic carbocycles. The van der Waals surface area contributed by atoms with Gasteiger partial charge in [0.05, 0.1) is 0 Å². The molecule has 0 aromatic rings. The van der Waals surface area contributed by atoms with Crippen LogP contribution in [-0.2, 0) is 19.2 Å². The second-order valence-electron chi connectivity index (χ2n) is 4.06. The molecule has 0 rings (SSSR count). The average molecular weight is 288 g/mol. The fourth-order valence-electron chi connectivity index (χ4n) is 1.24. The Hall–Kier alpha value is -2.12. The van der Waals surface area contributed by atoms with Crippen LogP contribution in [0.2, 0.25) is 0 Å². The van der Waals surface area contributed by atoms with Gasteiger partial charge in [0, 0.05) is 6.42 Å². The number of amides is 1. The van der Waals surface area contributed by atoms with Crippen LogP contribution in [-0.4, -0.2) is 36.2 Å². The van der Waals surface area contributed by atoms with E-state index in [1.165, 1.54) is 6.92 Å². The van der Waals surface area contributed by atoms with Gasteiger partial charge in [-0.1, -0.05) is 12.2 Å². The number of carbonyl (C=O) groups excluding carboxylic acids is 2. The molecule has 0 fully saturated rings. The van der Waals surface area contributed by atoms with E-state index in [-0.39, 0.29) is 19.1 Å². The summed E-state index contributed by atoms with van der Waals surface area (Å²) in [5.41, 5.74) is 0. The van der Waals surface area contributed by atoms with Gasteiger partial charge in [-0.15, -0.1) is 10.1 Å². The van der Waals surface area contributed by atoms with Crippen LogP contribution in [0.15, 0.2) is 12.2 Å². The summed E-state index contributed by atoms with van der Waals surface area (Å²) in [6.07, 6.45) is 4.87. The molecule has 0 aliphatic rings. The van der Waals surface area contributed by atoms with E-state index in [0.717, 1.165) is 6.42 Å². The Morgan fingerprint density at radius 3 is 2.75 bits per heavy atom. The lowest BCUT2D eigenvalue weighted by Crippen LogP contribution is -2.32. The quantitative estimate of drug-likeness (QED) is 0.211. The molecule has 1 N–H and O–H groups in total. The van der Waals surface area contributed by atoms with Crippen LogP contribution in [0, 0.1) is 10.1 Å². The zero-order chi connectivity index (χ0) is 15.4. The van der Waals surface area contributed by atoms with Crippen molar-refractivity contribution < 1.29 is 24.3 Å². The normalized spacial score (nSPS) is 11.9. The van der Waals surface area contributed by atoms with E-state index in [2.05, 4.69) is 10.2 Å². The number of hydrogen-bond acceptors (Lipinski definition) is 6. The van der Waals surface area contributed by atoms with Gasteiger partial charge in [0.1, 0.15) is 19.3 Å². The van der Waals surface area contributed by atoms with Crippen LogP contribution in [0.4, 0.5) is 0 Å². The highest BCUT2D eigenvalue weighted by atomic mass is 17.0. The highest BCUT2D eigenvalue weighted by Gasteiger charge is 2.11. The minimum Gasteiger partial charge on any atom is -0.462 e. The van der Waals surface area contributed by atoms with Crippen molar-refractivity contribution in [1.29, 1.82) is 0 Å². The minimum absolute atomic E-state index is 0.235. The van der Waals surface area contributed by atoms with Gasteiger partial charge in [0.15, 0.2) is 0 Å². The lowest BCUT2D eigenvalue weighted by molar-refractivity contribution is -0.767. The van der Waals surface area contributed by atoms with Crippen molar-refractivity contribution in [3.8, 4) is 0 Å². The Kier molecular flexibility index (Phi) is 9.63. The maximum absolute atomic E-state index is 11.3. The van der Waals surface area contributed by atoms with Crippen molar-refractivity contribution >= 4 is 11.9 Å². The number of carbonyl (C=O) groups is 2. The Labute approximate surface area is 117 Å². The molecular formula is C12H20N2O6. The molecule has 0 aliphatic heterocycles. The van der Waals surface area contributed by atoms with E-state index in [1.807, 2.05) is 19.1 Å². The van der Waals surface area contributed by atoms with Gasteiger partial charge in [-0.3, -0.25) is 9.59 Å². The molecule has 8 heteroatoms. The Bertz CT molecular complexity index is 356. The van der Waals surface area contributed by atoms with Crippen LogP contribution in [0.5, 0.6) is 0 Å². The predicted octanol–water partition coefficient (Wildman–Crippen LogP) is 0.989. The van der Waals surface area contributed by atoms with Gasteiger partial charge < -0.3 is 14.9 Å². The van der Waals surface area contributed by atoms with Gasteiger partial charge in [-0.05, 0) is 26.7 Å². The topological polar surface area (TPSA) is 108 Å². The summed E-state index contributed by atoms with van der Waals surface area (Å²) in [6.45, 7) is 2.81. The number of nitrogens with zero attached hydrogens (tertiary/aromatic N) is 1. The maximum atomic E-state index is 11.3. The van der Waals surface area contributed by atoms with Crippen LogP contribution in [0.25, 0.3) is 0 Å². The Morgan fingerprint density at radius 2 is 2.15 bits per heavy atom. The fraction of sp³-hybridized carbons (Fsp3) is 0.667. The highest BCUT2D eigenvalue weighted by molar-refractivity contribution is 5.81. The number of allylic oxidation sites excluding steroid dienone is 2. The molecular weight excluding hydrogens is 268 g/mol. The van der Waals surface area contributed by atoms with Crippen molar-refractivity contribution in [2.24, 2.45) is 0 Å². The number of unbranched alkanes of at least 4 members (excludes halogenated alkanes) is 1. The molecule has 1 amide bonds. The third-order valence-electron chi connectivity index (χ3n) is 2.19. The van der Waals surface area contributed by atoms with E-state index in [1.54, 1.807) is 0 Å². The molecule has 0 saturated heterocycles. The van der Waals surface area contributed by atoms with Crippen LogP contribution in [0.3, 0.4) is 0 Å². The molecule has 8 nitrogen and oxygen atoms in total. The van der Waals surface area contributed by atoms with E-state index in [0.29, 0.717) is 12.8 Å². The molecule has 20 heavy (non-hydrogen) atoms. The van der Waals surface area contributed by atoms with Crippen molar-refractivity contribution in [2.75, 3.05) is 13.2 Å². The minimum atomic E-state index is -0.953. The number of nitrogens with one attached hydrogen (secondary N) is 1. The molecule has 0 bridgehead atoms. The summed E-state index contributed by atoms with van der Waals surface area (Å²) in [5, 5.41) is 11.5. The summed E-state index contributed by atoms with van der Waals surface area (Å²) < 4.78 is 4.70. The number of rotatable bonds is 10. The van der Waals surface area contributed by atoms with Crippen LogP contribution >= 0.6 is 0 Å². The number of ether oxygens (including phenoxy) is 1.